The number of nitrogens with zero attached hydrogens (tertiary/aromatic N) is 2. The fraction of sp³-hybridized carbons (Fsp3) is 0.615. The van der Waals surface area contributed by atoms with E-state index in [4.69, 9.17) is 4.74 Å². The number of alkyl carbamates (subject to hydrolysis) is 1. The maximum absolute atomic E-state index is 11.4. The van der Waals surface area contributed by atoms with E-state index in [-0.39, 0.29) is 6.09 Å². The highest BCUT2D eigenvalue weighted by atomic mass is 16.6. The van der Waals surface area contributed by atoms with Gasteiger partial charge in [0.25, 0.3) is 0 Å². The number of ether oxygens (including phenoxy) is 1. The van der Waals surface area contributed by atoms with Crippen molar-refractivity contribution in [1.29, 1.82) is 0 Å². The zero-order valence-electron chi connectivity index (χ0n) is 12.0. The summed E-state index contributed by atoms with van der Waals surface area (Å²) in [5.74, 6) is 0.747. The summed E-state index contributed by atoms with van der Waals surface area (Å²) in [6.45, 7) is 8.75. The van der Waals surface area contributed by atoms with Crippen molar-refractivity contribution in [3.8, 4) is 0 Å². The van der Waals surface area contributed by atoms with Crippen LogP contribution in [0, 0.1) is 6.92 Å². The predicted octanol–water partition coefficient (Wildman–Crippen LogP) is 2.11. The van der Waals surface area contributed by atoms with E-state index in [0.29, 0.717) is 13.1 Å². The van der Waals surface area contributed by atoms with E-state index in [0.717, 1.165) is 17.8 Å². The molecule has 0 saturated carbocycles. The van der Waals surface area contributed by atoms with Gasteiger partial charge in [0.2, 0.25) is 0 Å². The average Bonchev–Trinajstić information content (AvgIpc) is 2.26. The van der Waals surface area contributed by atoms with E-state index < -0.39 is 5.60 Å². The molecule has 1 rings (SSSR count). The normalized spacial score (nSPS) is 10.9. The molecule has 106 valence electrons. The second-order valence-corrected chi connectivity index (χ2v) is 5.33. The Kier molecular flexibility index (Phi) is 5.54. The van der Waals surface area contributed by atoms with Crippen LogP contribution in [0.25, 0.3) is 0 Å². The van der Waals surface area contributed by atoms with Crippen LogP contribution in [0.5, 0.6) is 0 Å². The first-order chi connectivity index (χ1) is 8.87. The van der Waals surface area contributed by atoms with Crippen molar-refractivity contribution in [1.82, 2.24) is 15.5 Å². The molecular weight excluding hydrogens is 244 g/mol. The lowest BCUT2D eigenvalue weighted by Crippen LogP contribution is -2.33. The third-order valence-electron chi connectivity index (χ3n) is 2.12. The minimum Gasteiger partial charge on any atom is -0.444 e. The summed E-state index contributed by atoms with van der Waals surface area (Å²) in [4.78, 5) is 11.4. The molecule has 1 aromatic heterocycles. The van der Waals surface area contributed by atoms with E-state index in [1.165, 1.54) is 0 Å². The number of carbonyl (C=O) groups is 1. The van der Waals surface area contributed by atoms with Crippen LogP contribution < -0.4 is 10.6 Å². The minimum atomic E-state index is -0.459. The molecule has 0 atom stereocenters. The number of aryl methyl sites for hydroxylation is 1. The van der Waals surface area contributed by atoms with Gasteiger partial charge in [0.05, 0.1) is 6.20 Å². The molecule has 0 bridgehead atoms. The molecule has 0 aromatic carbocycles. The standard InChI is InChI=1S/C13H22N4O2/c1-10-8-11(17-16-9-10)14-6-5-7-15-12(18)19-13(2,3)4/h8-9H,5-7H2,1-4H3,(H,14,17)(H,15,18). The Labute approximate surface area is 113 Å². The molecule has 1 amide bonds. The molecule has 0 fully saturated rings. The monoisotopic (exact) mass is 266 g/mol. The third-order valence-corrected chi connectivity index (χ3v) is 2.12. The lowest BCUT2D eigenvalue weighted by molar-refractivity contribution is 0.0528. The van der Waals surface area contributed by atoms with Gasteiger partial charge in [-0.1, -0.05) is 0 Å². The van der Waals surface area contributed by atoms with Gasteiger partial charge in [0.15, 0.2) is 0 Å². The van der Waals surface area contributed by atoms with Gasteiger partial charge in [0, 0.05) is 13.1 Å². The van der Waals surface area contributed by atoms with Crippen molar-refractivity contribution in [3.05, 3.63) is 17.8 Å². The molecule has 0 unspecified atom stereocenters. The van der Waals surface area contributed by atoms with E-state index in [1.54, 1.807) is 6.20 Å². The summed E-state index contributed by atoms with van der Waals surface area (Å²) in [6, 6.07) is 1.92. The number of amides is 1. The molecule has 0 aliphatic heterocycles. The first-order valence-electron chi connectivity index (χ1n) is 6.37. The average molecular weight is 266 g/mol. The van der Waals surface area contributed by atoms with Crippen LogP contribution in [-0.4, -0.2) is 35.0 Å². The number of hydrogen-bond acceptors (Lipinski definition) is 5. The van der Waals surface area contributed by atoms with Crippen molar-refractivity contribution >= 4 is 11.9 Å². The predicted molar refractivity (Wildman–Crippen MR) is 74.1 cm³/mol. The highest BCUT2D eigenvalue weighted by molar-refractivity contribution is 5.67. The highest BCUT2D eigenvalue weighted by Crippen LogP contribution is 2.06. The lowest BCUT2D eigenvalue weighted by atomic mass is 10.2. The Morgan fingerprint density at radius 1 is 1.37 bits per heavy atom. The van der Waals surface area contributed by atoms with E-state index >= 15 is 0 Å². The molecule has 0 saturated heterocycles. The maximum Gasteiger partial charge on any atom is 0.407 e. The Bertz CT molecular complexity index is 415. The van der Waals surface area contributed by atoms with Gasteiger partial charge >= 0.3 is 6.09 Å². The summed E-state index contributed by atoms with van der Waals surface area (Å²) in [7, 11) is 0. The van der Waals surface area contributed by atoms with E-state index in [1.807, 2.05) is 33.8 Å². The topological polar surface area (TPSA) is 76.1 Å². The van der Waals surface area contributed by atoms with Crippen LogP contribution in [0.1, 0.15) is 32.8 Å². The summed E-state index contributed by atoms with van der Waals surface area (Å²) in [5, 5.41) is 13.6. The van der Waals surface area contributed by atoms with Gasteiger partial charge in [-0.15, -0.1) is 5.10 Å². The molecule has 1 aromatic rings. The molecule has 6 heteroatoms. The summed E-state index contributed by atoms with van der Waals surface area (Å²) < 4.78 is 5.13. The molecule has 19 heavy (non-hydrogen) atoms. The summed E-state index contributed by atoms with van der Waals surface area (Å²) in [5.41, 5.74) is 0.601. The van der Waals surface area contributed by atoms with Crippen LogP contribution in [0.2, 0.25) is 0 Å². The SMILES string of the molecule is Cc1cnnc(NCCCNC(=O)OC(C)(C)C)c1. The summed E-state index contributed by atoms with van der Waals surface area (Å²) >= 11 is 0. The largest absolute Gasteiger partial charge is 0.444 e. The molecule has 1 heterocycles. The molecular formula is C13H22N4O2. The molecule has 0 spiro atoms. The zero-order valence-corrected chi connectivity index (χ0v) is 12.0. The summed E-state index contributed by atoms with van der Waals surface area (Å²) in [6.07, 6.45) is 2.10. The van der Waals surface area contributed by atoms with Gasteiger partial charge in [0.1, 0.15) is 11.4 Å². The Balaban J connectivity index is 2.13. The zero-order chi connectivity index (χ0) is 14.3. The van der Waals surface area contributed by atoms with Crippen LogP contribution in [0.4, 0.5) is 10.6 Å². The first-order valence-corrected chi connectivity index (χ1v) is 6.37. The second kappa shape index (κ2) is 6.92. The second-order valence-electron chi connectivity index (χ2n) is 5.33. The van der Waals surface area contributed by atoms with Gasteiger partial charge in [-0.25, -0.2) is 4.79 Å². The van der Waals surface area contributed by atoms with Crippen LogP contribution >= 0.6 is 0 Å². The highest BCUT2D eigenvalue weighted by Gasteiger charge is 2.15. The van der Waals surface area contributed by atoms with Crippen molar-refractivity contribution in [3.63, 3.8) is 0 Å². The third kappa shape index (κ3) is 7.23. The first kappa shape index (κ1) is 15.2. The number of carbonyl (C=O) groups excluding carboxylic acids is 1. The van der Waals surface area contributed by atoms with Crippen molar-refractivity contribution in [2.75, 3.05) is 18.4 Å². The Hall–Kier alpha value is -1.85. The number of nitrogens with one attached hydrogen (secondary N) is 2. The Morgan fingerprint density at radius 3 is 2.74 bits per heavy atom. The quantitative estimate of drug-likeness (QED) is 0.798. The van der Waals surface area contributed by atoms with Gasteiger partial charge < -0.3 is 15.4 Å². The van der Waals surface area contributed by atoms with Crippen molar-refractivity contribution in [2.24, 2.45) is 0 Å². The van der Waals surface area contributed by atoms with E-state index in [2.05, 4.69) is 20.8 Å². The van der Waals surface area contributed by atoms with Crippen LogP contribution in [-0.2, 0) is 4.74 Å². The van der Waals surface area contributed by atoms with Crippen molar-refractivity contribution in [2.45, 2.75) is 39.7 Å². The fourth-order valence-electron chi connectivity index (χ4n) is 1.36. The molecule has 0 aliphatic carbocycles. The fourth-order valence-corrected chi connectivity index (χ4v) is 1.36. The van der Waals surface area contributed by atoms with Gasteiger partial charge in [-0.2, -0.15) is 5.10 Å². The molecule has 6 nitrogen and oxygen atoms in total. The number of rotatable bonds is 5. The number of aromatic nitrogens is 2. The molecule has 0 radical (unpaired) electrons. The minimum absolute atomic E-state index is 0.386. The van der Waals surface area contributed by atoms with E-state index in [9.17, 15) is 4.79 Å². The van der Waals surface area contributed by atoms with Gasteiger partial charge in [-0.3, -0.25) is 0 Å². The smallest absolute Gasteiger partial charge is 0.407 e. The van der Waals surface area contributed by atoms with Crippen molar-refractivity contribution < 1.29 is 9.53 Å². The van der Waals surface area contributed by atoms with Crippen LogP contribution in [0.3, 0.4) is 0 Å². The Morgan fingerprint density at radius 2 is 2.11 bits per heavy atom. The molecule has 0 aliphatic rings. The number of hydrogen-bond donors (Lipinski definition) is 2. The molecule has 2 N–H and O–H groups in total. The maximum atomic E-state index is 11.4. The lowest BCUT2D eigenvalue weighted by Gasteiger charge is -2.19. The van der Waals surface area contributed by atoms with Gasteiger partial charge in [-0.05, 0) is 45.7 Å². The number of anilines is 1. The van der Waals surface area contributed by atoms with Crippen LogP contribution in [0.15, 0.2) is 12.3 Å².